The second-order valence-electron chi connectivity index (χ2n) is 15.2. The van der Waals surface area contributed by atoms with Crippen molar-refractivity contribution < 1.29 is 8.83 Å². The number of allylic oxidation sites excluding steroid dienone is 2. The molecule has 5 heteroatoms. The monoisotopic (exact) mass is 748 g/mol. The summed E-state index contributed by atoms with van der Waals surface area (Å²) in [4.78, 5) is 2.44. The molecule has 0 saturated heterocycles. The van der Waals surface area contributed by atoms with Crippen LogP contribution in [0, 0.1) is 0 Å². The average Bonchev–Trinajstić information content (AvgIpc) is 4.07. The van der Waals surface area contributed by atoms with Gasteiger partial charge in [-0.1, -0.05) is 115 Å². The van der Waals surface area contributed by atoms with Gasteiger partial charge in [0.2, 0.25) is 0 Å². The molecule has 0 amide bonds. The molecule has 0 bridgehead atoms. The number of rotatable bonds is 4. The lowest BCUT2D eigenvalue weighted by atomic mass is 9.95. The highest BCUT2D eigenvalue weighted by Crippen LogP contribution is 2.54. The SMILES string of the molecule is C1=CC2c3oc4c(-c5ccc6c(c5)oc5cc(-c7ccc8c(c7)sc7c9ccccc9n(-c9ccccc9)c87)ccc56)cccc4c3N(c3ccccc3)C2C=C1. The minimum Gasteiger partial charge on any atom is -0.457 e. The Hall–Kier alpha value is -7.08. The van der Waals surface area contributed by atoms with Crippen LogP contribution in [0.15, 0.2) is 191 Å². The number of hydrogen-bond acceptors (Lipinski definition) is 4. The van der Waals surface area contributed by atoms with Crippen molar-refractivity contribution in [2.75, 3.05) is 4.90 Å². The van der Waals surface area contributed by atoms with Crippen molar-refractivity contribution in [3.63, 3.8) is 0 Å². The summed E-state index contributed by atoms with van der Waals surface area (Å²) in [5.41, 5.74) is 13.1. The van der Waals surface area contributed by atoms with Gasteiger partial charge in [0, 0.05) is 48.6 Å². The lowest BCUT2D eigenvalue weighted by molar-refractivity contribution is 0.529. The van der Waals surface area contributed by atoms with E-state index in [-0.39, 0.29) is 12.0 Å². The number of thiophene rings is 1. The Balaban J connectivity index is 0.901. The Morgan fingerprint density at radius 1 is 0.509 bits per heavy atom. The highest BCUT2D eigenvalue weighted by atomic mass is 32.1. The van der Waals surface area contributed by atoms with Crippen LogP contribution in [0.4, 0.5) is 11.4 Å². The Morgan fingerprint density at radius 2 is 1.18 bits per heavy atom. The number of aromatic nitrogens is 1. The number of para-hydroxylation sites is 4. The summed E-state index contributed by atoms with van der Waals surface area (Å²) < 4.78 is 18.6. The maximum Gasteiger partial charge on any atom is 0.144 e. The lowest BCUT2D eigenvalue weighted by Gasteiger charge is -2.28. The Labute approximate surface area is 331 Å². The van der Waals surface area contributed by atoms with Gasteiger partial charge in [0.25, 0.3) is 0 Å². The Kier molecular flexibility index (Phi) is 6.40. The van der Waals surface area contributed by atoms with E-state index in [1.54, 1.807) is 0 Å². The van der Waals surface area contributed by atoms with Gasteiger partial charge in [-0.2, -0.15) is 0 Å². The van der Waals surface area contributed by atoms with E-state index in [1.165, 1.54) is 48.1 Å². The summed E-state index contributed by atoms with van der Waals surface area (Å²) in [6.07, 6.45) is 8.84. The molecular weight excluding hydrogens is 717 g/mol. The van der Waals surface area contributed by atoms with Crippen molar-refractivity contribution in [1.29, 1.82) is 0 Å². The molecule has 2 atom stereocenters. The third-order valence-corrected chi connectivity index (χ3v) is 13.3. The molecular formula is C52H32N2O2S. The number of hydrogen-bond donors (Lipinski definition) is 0. The van der Waals surface area contributed by atoms with Crippen LogP contribution in [0.3, 0.4) is 0 Å². The summed E-state index contributed by atoms with van der Waals surface area (Å²) in [5, 5.41) is 5.91. The molecule has 1 aliphatic heterocycles. The maximum absolute atomic E-state index is 6.89. The van der Waals surface area contributed by atoms with Gasteiger partial charge in [-0.25, -0.2) is 0 Å². The predicted molar refractivity (Wildman–Crippen MR) is 237 cm³/mol. The van der Waals surface area contributed by atoms with Crippen molar-refractivity contribution in [3.05, 3.63) is 188 Å². The molecule has 0 spiro atoms. The molecule has 0 fully saturated rings. The van der Waals surface area contributed by atoms with Gasteiger partial charge >= 0.3 is 0 Å². The van der Waals surface area contributed by atoms with Gasteiger partial charge in [-0.15, -0.1) is 11.3 Å². The van der Waals surface area contributed by atoms with Gasteiger partial charge in [-0.05, 0) is 83.4 Å². The minimum absolute atomic E-state index is 0.152. The fraction of sp³-hybridized carbons (Fsp3) is 0.0385. The summed E-state index contributed by atoms with van der Waals surface area (Å²) >= 11 is 1.87. The molecule has 11 aromatic rings. The highest BCUT2D eigenvalue weighted by Gasteiger charge is 2.42. The van der Waals surface area contributed by atoms with E-state index in [0.29, 0.717) is 0 Å². The van der Waals surface area contributed by atoms with Crippen LogP contribution in [-0.2, 0) is 0 Å². The second kappa shape index (κ2) is 11.7. The van der Waals surface area contributed by atoms with Crippen LogP contribution in [0.2, 0.25) is 0 Å². The average molecular weight is 749 g/mol. The normalized spacial score (nSPS) is 16.2. The second-order valence-corrected chi connectivity index (χ2v) is 16.2. The number of fused-ring (bicyclic) bond motifs is 13. The minimum atomic E-state index is 0.152. The van der Waals surface area contributed by atoms with Crippen LogP contribution in [0.25, 0.3) is 92.1 Å². The molecule has 7 aromatic carbocycles. The Morgan fingerprint density at radius 3 is 2.00 bits per heavy atom. The molecule has 5 heterocycles. The maximum atomic E-state index is 6.89. The van der Waals surface area contributed by atoms with E-state index >= 15 is 0 Å². The molecule has 13 rings (SSSR count). The predicted octanol–water partition coefficient (Wildman–Crippen LogP) is 14.7. The molecule has 0 N–H and O–H groups in total. The number of nitrogens with zero attached hydrogens (tertiary/aromatic N) is 2. The highest BCUT2D eigenvalue weighted by molar-refractivity contribution is 7.26. The van der Waals surface area contributed by atoms with Crippen LogP contribution in [-0.4, -0.2) is 10.6 Å². The van der Waals surface area contributed by atoms with Gasteiger partial charge in [-0.3, -0.25) is 0 Å². The van der Waals surface area contributed by atoms with Crippen LogP contribution >= 0.6 is 11.3 Å². The molecule has 4 aromatic heterocycles. The van der Waals surface area contributed by atoms with E-state index in [2.05, 4.69) is 191 Å². The zero-order valence-electron chi connectivity index (χ0n) is 30.6. The van der Waals surface area contributed by atoms with Crippen LogP contribution < -0.4 is 4.90 Å². The van der Waals surface area contributed by atoms with Crippen molar-refractivity contribution in [3.8, 4) is 27.9 Å². The molecule has 268 valence electrons. The third-order valence-electron chi connectivity index (χ3n) is 12.1. The number of furan rings is 2. The fourth-order valence-electron chi connectivity index (χ4n) is 9.57. The number of benzene rings is 7. The van der Waals surface area contributed by atoms with E-state index in [9.17, 15) is 0 Å². The molecule has 0 saturated carbocycles. The van der Waals surface area contributed by atoms with Crippen molar-refractivity contribution in [1.82, 2.24) is 4.57 Å². The Bertz CT molecular complexity index is 3490. The van der Waals surface area contributed by atoms with Crippen molar-refractivity contribution in [2.24, 2.45) is 0 Å². The zero-order chi connectivity index (χ0) is 37.2. The topological polar surface area (TPSA) is 34.5 Å². The van der Waals surface area contributed by atoms with E-state index in [1.807, 2.05) is 11.3 Å². The fourth-order valence-corrected chi connectivity index (χ4v) is 10.8. The molecule has 57 heavy (non-hydrogen) atoms. The molecule has 2 unspecified atom stereocenters. The number of anilines is 2. The van der Waals surface area contributed by atoms with Gasteiger partial charge in [0.1, 0.15) is 22.5 Å². The quantitative estimate of drug-likeness (QED) is 0.180. The van der Waals surface area contributed by atoms with Crippen molar-refractivity contribution in [2.45, 2.75) is 12.0 Å². The smallest absolute Gasteiger partial charge is 0.144 e. The van der Waals surface area contributed by atoms with Gasteiger partial charge in [0.05, 0.1) is 33.4 Å². The molecule has 4 nitrogen and oxygen atoms in total. The summed E-state index contributed by atoms with van der Waals surface area (Å²) in [5.74, 6) is 1.17. The first-order chi connectivity index (χ1) is 28.3. The van der Waals surface area contributed by atoms with E-state index < -0.39 is 0 Å². The summed E-state index contributed by atoms with van der Waals surface area (Å²) in [6.45, 7) is 0. The molecule has 2 aliphatic rings. The zero-order valence-corrected chi connectivity index (χ0v) is 31.4. The lowest BCUT2D eigenvalue weighted by Crippen LogP contribution is -2.28. The standard InChI is InChI=1S/C52H32N2O2S/c1-3-12-34(13-4-1)53-43-20-9-7-16-39(43)51-48(53)42-19-11-18-36(50(42)56-51)33-24-26-38-37-25-22-31(28-45(37)55-46(38)29-33)32-23-27-41-47(30-32)57-52-40-17-8-10-21-44(40)54(49(41)52)35-14-5-2-6-15-35/h1-30,39,43H. The van der Waals surface area contributed by atoms with Gasteiger partial charge < -0.3 is 18.3 Å². The first-order valence-electron chi connectivity index (χ1n) is 19.5. The van der Waals surface area contributed by atoms with Crippen LogP contribution in [0.5, 0.6) is 0 Å². The summed E-state index contributed by atoms with van der Waals surface area (Å²) in [7, 11) is 0. The van der Waals surface area contributed by atoms with Gasteiger partial charge in [0.15, 0.2) is 0 Å². The molecule has 0 radical (unpaired) electrons. The molecule has 1 aliphatic carbocycles. The first kappa shape index (κ1) is 31.2. The largest absolute Gasteiger partial charge is 0.457 e. The summed E-state index contributed by atoms with van der Waals surface area (Å²) in [6, 6.07) is 56.9. The van der Waals surface area contributed by atoms with E-state index in [4.69, 9.17) is 8.83 Å². The van der Waals surface area contributed by atoms with Crippen molar-refractivity contribution >= 4 is 86.8 Å². The first-order valence-corrected chi connectivity index (χ1v) is 20.3. The third kappa shape index (κ3) is 4.43. The van der Waals surface area contributed by atoms with Crippen LogP contribution in [0.1, 0.15) is 11.7 Å². The van der Waals surface area contributed by atoms with E-state index in [0.717, 1.165) is 61.0 Å².